The SMILES string of the molecule is CC(=O)c1cc(CN2CCn3nc([C@H](O)CC(=O)N(C)C)cc3C2)n(C)c1. The Morgan fingerprint density at radius 2 is 2.04 bits per heavy atom. The molecule has 2 aromatic rings. The number of carbonyl (C=O) groups is 2. The number of aliphatic hydroxyl groups excluding tert-OH is 1. The average Bonchev–Trinajstić information content (AvgIpc) is 3.18. The Kier molecular flexibility index (Phi) is 5.48. The average molecular weight is 373 g/mol. The van der Waals surface area contributed by atoms with Crippen LogP contribution in [0.5, 0.6) is 0 Å². The second kappa shape index (κ2) is 7.66. The van der Waals surface area contributed by atoms with Crippen molar-refractivity contribution in [3.8, 4) is 0 Å². The van der Waals surface area contributed by atoms with Crippen molar-refractivity contribution in [1.82, 2.24) is 24.1 Å². The van der Waals surface area contributed by atoms with E-state index in [0.29, 0.717) is 12.2 Å². The summed E-state index contributed by atoms with van der Waals surface area (Å²) in [5.74, 6) is -0.0560. The van der Waals surface area contributed by atoms with Crippen molar-refractivity contribution in [2.45, 2.75) is 39.1 Å². The molecule has 0 saturated heterocycles. The summed E-state index contributed by atoms with van der Waals surface area (Å²) in [6.45, 7) is 4.59. The molecule has 0 saturated carbocycles. The number of Topliss-reactive ketones (excluding diaryl/α,β-unsaturated/α-hetero) is 1. The topological polar surface area (TPSA) is 83.6 Å². The summed E-state index contributed by atoms with van der Waals surface area (Å²) in [4.78, 5) is 27.1. The second-order valence-electron chi connectivity index (χ2n) is 7.39. The van der Waals surface area contributed by atoms with Crippen LogP contribution in [0.1, 0.15) is 46.9 Å². The molecule has 0 unspecified atom stereocenters. The number of rotatable bonds is 6. The molecular weight excluding hydrogens is 346 g/mol. The van der Waals surface area contributed by atoms with E-state index in [1.165, 1.54) is 4.90 Å². The van der Waals surface area contributed by atoms with Gasteiger partial charge in [-0.15, -0.1) is 0 Å². The number of fused-ring (bicyclic) bond motifs is 1. The minimum absolute atomic E-state index is 0.0321. The third-order valence-corrected chi connectivity index (χ3v) is 5.00. The highest BCUT2D eigenvalue weighted by atomic mass is 16.3. The van der Waals surface area contributed by atoms with E-state index in [2.05, 4.69) is 10.00 Å². The zero-order valence-electron chi connectivity index (χ0n) is 16.3. The molecule has 3 rings (SSSR count). The quantitative estimate of drug-likeness (QED) is 0.763. The van der Waals surface area contributed by atoms with Crippen LogP contribution in [0.2, 0.25) is 0 Å². The predicted molar refractivity (Wildman–Crippen MR) is 100 cm³/mol. The Balaban J connectivity index is 1.67. The number of aromatic nitrogens is 3. The van der Waals surface area contributed by atoms with Crippen molar-refractivity contribution < 1.29 is 14.7 Å². The number of ketones is 1. The lowest BCUT2D eigenvalue weighted by Crippen LogP contribution is -2.33. The summed E-state index contributed by atoms with van der Waals surface area (Å²) >= 11 is 0. The fraction of sp³-hybridized carbons (Fsp3) is 0.526. The predicted octanol–water partition coefficient (Wildman–Crippen LogP) is 0.952. The molecule has 8 nitrogen and oxygen atoms in total. The van der Waals surface area contributed by atoms with Crippen molar-refractivity contribution in [1.29, 1.82) is 0 Å². The van der Waals surface area contributed by atoms with Gasteiger partial charge in [-0.3, -0.25) is 19.2 Å². The van der Waals surface area contributed by atoms with Crippen LogP contribution >= 0.6 is 0 Å². The lowest BCUT2D eigenvalue weighted by molar-refractivity contribution is -0.130. The number of hydrogen-bond donors (Lipinski definition) is 1. The van der Waals surface area contributed by atoms with Crippen LogP contribution in [-0.2, 0) is 31.5 Å². The fourth-order valence-electron chi connectivity index (χ4n) is 3.28. The normalized spacial score (nSPS) is 15.4. The summed E-state index contributed by atoms with van der Waals surface area (Å²) < 4.78 is 3.89. The Hall–Kier alpha value is -2.45. The highest BCUT2D eigenvalue weighted by Crippen LogP contribution is 2.22. The van der Waals surface area contributed by atoms with E-state index in [9.17, 15) is 14.7 Å². The van der Waals surface area contributed by atoms with Crippen LogP contribution in [0.4, 0.5) is 0 Å². The van der Waals surface area contributed by atoms with E-state index in [4.69, 9.17) is 0 Å². The van der Waals surface area contributed by atoms with E-state index >= 15 is 0 Å². The number of amides is 1. The molecule has 8 heteroatoms. The maximum Gasteiger partial charge on any atom is 0.225 e. The number of carbonyl (C=O) groups excluding carboxylic acids is 2. The van der Waals surface area contributed by atoms with E-state index < -0.39 is 6.10 Å². The third-order valence-electron chi connectivity index (χ3n) is 5.00. The first kappa shape index (κ1) is 19.3. The van der Waals surface area contributed by atoms with Crippen molar-refractivity contribution in [3.63, 3.8) is 0 Å². The molecule has 0 aliphatic carbocycles. The Morgan fingerprint density at radius 3 is 2.67 bits per heavy atom. The molecule has 1 atom stereocenters. The van der Waals surface area contributed by atoms with Gasteiger partial charge in [-0.05, 0) is 19.1 Å². The third kappa shape index (κ3) is 4.28. The first-order chi connectivity index (χ1) is 12.7. The molecule has 0 spiro atoms. The van der Waals surface area contributed by atoms with Gasteiger partial charge in [-0.25, -0.2) is 0 Å². The molecule has 1 N–H and O–H groups in total. The number of hydrogen-bond acceptors (Lipinski definition) is 5. The number of aryl methyl sites for hydroxylation is 1. The van der Waals surface area contributed by atoms with Gasteiger partial charge in [0.2, 0.25) is 5.91 Å². The standard InChI is InChI=1S/C19H27N5O3/c1-13(25)14-7-15(22(4)10-14)11-23-5-6-24-16(12-23)8-17(20-24)18(26)9-19(27)21(2)3/h7-8,10,18,26H,5-6,9,11-12H2,1-4H3/t18-/m1/s1. The first-order valence-electron chi connectivity index (χ1n) is 9.08. The molecule has 27 heavy (non-hydrogen) atoms. The van der Waals surface area contributed by atoms with Crippen LogP contribution in [0, 0.1) is 0 Å². The summed E-state index contributed by atoms with van der Waals surface area (Å²) in [5.41, 5.74) is 3.38. The minimum atomic E-state index is -0.891. The van der Waals surface area contributed by atoms with Gasteiger partial charge in [0.1, 0.15) is 6.10 Å². The zero-order chi connectivity index (χ0) is 19.7. The van der Waals surface area contributed by atoms with Crippen LogP contribution in [0.3, 0.4) is 0 Å². The zero-order valence-corrected chi connectivity index (χ0v) is 16.3. The first-order valence-corrected chi connectivity index (χ1v) is 9.08. The van der Waals surface area contributed by atoms with Gasteiger partial charge < -0.3 is 14.6 Å². The van der Waals surface area contributed by atoms with Crippen LogP contribution in [0.15, 0.2) is 18.3 Å². The minimum Gasteiger partial charge on any atom is -0.386 e. The monoisotopic (exact) mass is 373 g/mol. The molecule has 0 fully saturated rings. The summed E-state index contributed by atoms with van der Waals surface area (Å²) in [5, 5.41) is 14.8. The largest absolute Gasteiger partial charge is 0.386 e. The molecule has 1 aliphatic rings. The molecule has 1 amide bonds. The van der Waals surface area contributed by atoms with Crippen molar-refractivity contribution in [3.05, 3.63) is 41.0 Å². The fourth-order valence-corrected chi connectivity index (χ4v) is 3.28. The lowest BCUT2D eigenvalue weighted by atomic mass is 10.1. The summed E-state index contributed by atoms with van der Waals surface area (Å²) in [7, 11) is 5.30. The molecular formula is C19H27N5O3. The van der Waals surface area contributed by atoms with E-state index in [-0.39, 0.29) is 18.1 Å². The molecule has 0 bridgehead atoms. The highest BCUT2D eigenvalue weighted by Gasteiger charge is 2.23. The van der Waals surface area contributed by atoms with Gasteiger partial charge in [-0.1, -0.05) is 0 Å². The molecule has 146 valence electrons. The van der Waals surface area contributed by atoms with Gasteiger partial charge in [-0.2, -0.15) is 5.10 Å². The molecule has 1 aliphatic heterocycles. The Bertz CT molecular complexity index is 852. The van der Waals surface area contributed by atoms with Crippen molar-refractivity contribution >= 4 is 11.7 Å². The Labute approximate surface area is 159 Å². The summed E-state index contributed by atoms with van der Waals surface area (Å²) in [6, 6.07) is 3.82. The molecule has 3 heterocycles. The van der Waals surface area contributed by atoms with Gasteiger partial charge in [0.25, 0.3) is 0 Å². The van der Waals surface area contributed by atoms with E-state index in [1.807, 2.05) is 34.6 Å². The van der Waals surface area contributed by atoms with Gasteiger partial charge >= 0.3 is 0 Å². The number of aliphatic hydroxyl groups is 1. The second-order valence-corrected chi connectivity index (χ2v) is 7.39. The summed E-state index contributed by atoms with van der Waals surface area (Å²) in [6.07, 6.45) is 1.00. The highest BCUT2D eigenvalue weighted by molar-refractivity contribution is 5.94. The molecule has 2 aromatic heterocycles. The molecule has 0 aromatic carbocycles. The smallest absolute Gasteiger partial charge is 0.225 e. The van der Waals surface area contributed by atoms with Crippen molar-refractivity contribution in [2.24, 2.45) is 7.05 Å². The van der Waals surface area contributed by atoms with Crippen LogP contribution in [-0.4, -0.2) is 61.6 Å². The molecule has 0 radical (unpaired) electrons. The van der Waals surface area contributed by atoms with E-state index in [1.54, 1.807) is 21.0 Å². The number of nitrogens with zero attached hydrogens (tertiary/aromatic N) is 5. The lowest BCUT2D eigenvalue weighted by Gasteiger charge is -2.27. The van der Waals surface area contributed by atoms with Gasteiger partial charge in [0.15, 0.2) is 5.78 Å². The van der Waals surface area contributed by atoms with Gasteiger partial charge in [0, 0.05) is 58.2 Å². The Morgan fingerprint density at radius 1 is 1.30 bits per heavy atom. The van der Waals surface area contributed by atoms with Crippen LogP contribution < -0.4 is 0 Å². The van der Waals surface area contributed by atoms with Crippen molar-refractivity contribution in [2.75, 3.05) is 20.6 Å². The van der Waals surface area contributed by atoms with Crippen LogP contribution in [0.25, 0.3) is 0 Å². The van der Waals surface area contributed by atoms with E-state index in [0.717, 1.165) is 36.6 Å². The maximum atomic E-state index is 11.8. The van der Waals surface area contributed by atoms with Gasteiger partial charge in [0.05, 0.1) is 24.4 Å². The maximum absolute atomic E-state index is 11.8.